The van der Waals surface area contributed by atoms with Crippen molar-refractivity contribution < 1.29 is 47.4 Å². The Morgan fingerprint density at radius 1 is 0.877 bits per heavy atom. The number of nitrogens with zero attached hydrogens (tertiary/aromatic N) is 6. The lowest BCUT2D eigenvalue weighted by Gasteiger charge is -2.35. The molecule has 15 nitrogen and oxygen atoms in total. The molecule has 0 radical (unpaired) electrons. The minimum atomic E-state index is -1.48. The second kappa shape index (κ2) is 21.3. The summed E-state index contributed by atoms with van der Waals surface area (Å²) in [5.41, 5.74) is 5.08. The van der Waals surface area contributed by atoms with Gasteiger partial charge in [0.1, 0.15) is 66.3 Å². The molecule has 11 rings (SSSR count). The highest BCUT2D eigenvalue weighted by molar-refractivity contribution is 7.22. The molecule has 73 heavy (non-hydrogen) atoms. The molecule has 4 aliphatic rings. The number of rotatable bonds is 11. The summed E-state index contributed by atoms with van der Waals surface area (Å²) in [4.78, 5) is 37.7. The number of carboxylic acid groups (broad SMARTS) is 1. The average Bonchev–Trinajstić information content (AvgIpc) is 3.95. The number of carbonyl (C=O) groups is 1. The third-order valence-electron chi connectivity index (χ3n) is 13.1. The van der Waals surface area contributed by atoms with Gasteiger partial charge < -0.3 is 43.2 Å². The number of aliphatic carboxylic acids is 1. The fraction of sp³-hybridized carbons (Fsp3) is 0.352. The summed E-state index contributed by atoms with van der Waals surface area (Å²) in [5, 5.41) is 12.0. The van der Waals surface area contributed by atoms with Crippen molar-refractivity contribution in [3.05, 3.63) is 124 Å². The van der Waals surface area contributed by atoms with Crippen LogP contribution in [0.3, 0.4) is 0 Å². The van der Waals surface area contributed by atoms with Crippen molar-refractivity contribution in [3.63, 3.8) is 0 Å². The zero-order valence-corrected chi connectivity index (χ0v) is 43.2. The monoisotopic (exact) mass is 1050 g/mol. The standard InChI is InChI=1S/C54H53Cl2FN6O9S/c1-30-43-31(2)47(56)48(46(30)55)70-39(24-63-20-18-62(5)19-21-63)26-67-38-14-15-41(68-25-36-16-17-58-50(61-36)33-8-12-37(13-9-33)66-27-40-28-69-54(3,4)72-40)34(22-38)23-42(53(64)65)71-51-45-44(43)49(73-52(45)60-29-59-51)32-6-10-35(57)11-7-32/h6-17,22,29,39-40,42H,18-21,23-28H2,1-5H3,(H,64,65)/t39-,40+,42?/m1/s1. The van der Waals surface area contributed by atoms with Gasteiger partial charge in [-0.25, -0.2) is 29.1 Å². The average molecular weight is 1050 g/mol. The number of ether oxygens (including phenoxy) is 7. The molecule has 3 aromatic heterocycles. The molecule has 3 atom stereocenters. The number of thiophene rings is 1. The van der Waals surface area contributed by atoms with Gasteiger partial charge in [-0.15, -0.1) is 11.3 Å². The first-order valence-electron chi connectivity index (χ1n) is 23.9. The second-order valence-electron chi connectivity index (χ2n) is 18.8. The van der Waals surface area contributed by atoms with Crippen LogP contribution in [0.25, 0.3) is 43.2 Å². The Morgan fingerprint density at radius 3 is 2.33 bits per heavy atom. The second-order valence-corrected chi connectivity index (χ2v) is 20.5. The summed E-state index contributed by atoms with van der Waals surface area (Å²) in [7, 11) is 2.10. The Hall–Kier alpha value is -6.18. The Bertz CT molecular complexity index is 3130. The fourth-order valence-corrected chi connectivity index (χ4v) is 10.9. The van der Waals surface area contributed by atoms with Gasteiger partial charge in [0, 0.05) is 66.9 Å². The Kier molecular flexibility index (Phi) is 14.7. The van der Waals surface area contributed by atoms with E-state index < -0.39 is 29.8 Å². The number of hydrogen-bond acceptors (Lipinski definition) is 15. The number of fused-ring (bicyclic) bond motifs is 7. The van der Waals surface area contributed by atoms with Gasteiger partial charge >= 0.3 is 5.97 Å². The van der Waals surface area contributed by atoms with E-state index in [0.717, 1.165) is 31.7 Å². The maximum Gasteiger partial charge on any atom is 0.345 e. The van der Waals surface area contributed by atoms with Gasteiger partial charge in [-0.1, -0.05) is 35.3 Å². The molecule has 380 valence electrons. The molecule has 7 heterocycles. The molecule has 2 saturated heterocycles. The van der Waals surface area contributed by atoms with E-state index in [-0.39, 0.29) is 31.6 Å². The number of halogens is 3. The van der Waals surface area contributed by atoms with E-state index in [1.54, 1.807) is 42.6 Å². The normalized spacial score (nSPS) is 19.2. The van der Waals surface area contributed by atoms with Crippen LogP contribution in [-0.2, 0) is 27.3 Å². The van der Waals surface area contributed by atoms with Crippen molar-refractivity contribution in [2.45, 2.75) is 64.8 Å². The lowest BCUT2D eigenvalue weighted by atomic mass is 9.92. The molecule has 1 N–H and O–H groups in total. The van der Waals surface area contributed by atoms with E-state index in [0.29, 0.717) is 113 Å². The molecule has 7 aromatic rings. The van der Waals surface area contributed by atoms with E-state index in [1.165, 1.54) is 29.8 Å². The third kappa shape index (κ3) is 11.2. The number of carboxylic acids is 1. The predicted octanol–water partition coefficient (Wildman–Crippen LogP) is 10.1. The maximum atomic E-state index is 14.4. The van der Waals surface area contributed by atoms with E-state index in [9.17, 15) is 14.3 Å². The molecule has 4 aliphatic heterocycles. The van der Waals surface area contributed by atoms with E-state index in [1.807, 2.05) is 52.0 Å². The Balaban J connectivity index is 1.000. The maximum absolute atomic E-state index is 14.4. The first-order valence-corrected chi connectivity index (χ1v) is 25.5. The minimum Gasteiger partial charge on any atom is -0.491 e. The summed E-state index contributed by atoms with van der Waals surface area (Å²) in [6.07, 6.45) is 0.629. The van der Waals surface area contributed by atoms with Crippen LogP contribution in [0.5, 0.6) is 28.9 Å². The van der Waals surface area contributed by atoms with Crippen LogP contribution in [0.2, 0.25) is 10.0 Å². The molecule has 1 unspecified atom stereocenters. The van der Waals surface area contributed by atoms with Crippen molar-refractivity contribution >= 4 is 50.7 Å². The molecular weight excluding hydrogens is 999 g/mol. The van der Waals surface area contributed by atoms with Gasteiger partial charge in [-0.2, -0.15) is 0 Å². The van der Waals surface area contributed by atoms with Gasteiger partial charge in [-0.05, 0) is 118 Å². The molecule has 2 fully saturated rings. The Labute approximate surface area is 435 Å². The van der Waals surface area contributed by atoms with Gasteiger partial charge in [0.05, 0.1) is 27.7 Å². The van der Waals surface area contributed by atoms with Crippen LogP contribution in [0.4, 0.5) is 4.39 Å². The number of piperazine rings is 1. The smallest absolute Gasteiger partial charge is 0.345 e. The zero-order valence-electron chi connectivity index (χ0n) is 40.8. The van der Waals surface area contributed by atoms with Gasteiger partial charge in [0.15, 0.2) is 17.4 Å². The van der Waals surface area contributed by atoms with Crippen LogP contribution in [0.1, 0.15) is 36.2 Å². The lowest BCUT2D eigenvalue weighted by molar-refractivity contribution is -0.145. The molecule has 4 bridgehead atoms. The molecule has 0 amide bonds. The first-order chi connectivity index (χ1) is 35.2. The minimum absolute atomic E-state index is 0.0180. The van der Waals surface area contributed by atoms with Crippen LogP contribution >= 0.6 is 34.5 Å². The summed E-state index contributed by atoms with van der Waals surface area (Å²) < 4.78 is 58.3. The number of hydrogen-bond donors (Lipinski definition) is 1. The van der Waals surface area contributed by atoms with Crippen molar-refractivity contribution in [1.82, 2.24) is 29.7 Å². The van der Waals surface area contributed by atoms with Crippen molar-refractivity contribution in [3.8, 4) is 61.8 Å². The van der Waals surface area contributed by atoms with E-state index in [2.05, 4.69) is 31.8 Å². The van der Waals surface area contributed by atoms with Gasteiger partial charge in [0.25, 0.3) is 0 Å². The summed E-state index contributed by atoms with van der Waals surface area (Å²) in [6, 6.07) is 20.6. The summed E-state index contributed by atoms with van der Waals surface area (Å²) in [5.74, 6) is 0.0313. The van der Waals surface area contributed by atoms with Crippen molar-refractivity contribution in [1.29, 1.82) is 0 Å². The largest absolute Gasteiger partial charge is 0.491 e. The topological polar surface area (TPSA) is 160 Å². The molecule has 0 spiro atoms. The summed E-state index contributed by atoms with van der Waals surface area (Å²) in [6.45, 7) is 12.4. The highest BCUT2D eigenvalue weighted by Gasteiger charge is 2.34. The predicted molar refractivity (Wildman–Crippen MR) is 276 cm³/mol. The molecule has 0 saturated carbocycles. The number of benzene rings is 4. The zero-order chi connectivity index (χ0) is 51.0. The molecule has 19 heteroatoms. The molecule has 4 aromatic carbocycles. The third-order valence-corrected chi connectivity index (χ3v) is 15.1. The van der Waals surface area contributed by atoms with Crippen molar-refractivity contribution in [2.24, 2.45) is 0 Å². The van der Waals surface area contributed by atoms with Gasteiger partial charge in [0.2, 0.25) is 12.0 Å². The highest BCUT2D eigenvalue weighted by Crippen LogP contribution is 2.53. The Morgan fingerprint density at radius 2 is 1.62 bits per heavy atom. The van der Waals surface area contributed by atoms with Gasteiger partial charge in [-0.3, -0.25) is 4.90 Å². The lowest BCUT2D eigenvalue weighted by Crippen LogP contribution is -2.49. The van der Waals surface area contributed by atoms with Crippen LogP contribution < -0.4 is 23.7 Å². The number of likely N-dealkylation sites (N-methyl/N-ethyl adjacent to an activating group) is 1. The van der Waals surface area contributed by atoms with Crippen LogP contribution in [-0.4, -0.2) is 125 Å². The molecule has 0 aliphatic carbocycles. The van der Waals surface area contributed by atoms with E-state index >= 15 is 0 Å². The quantitative estimate of drug-likeness (QED) is 0.130. The first kappa shape index (κ1) is 50.4. The van der Waals surface area contributed by atoms with Crippen molar-refractivity contribution in [2.75, 3.05) is 59.6 Å². The highest BCUT2D eigenvalue weighted by atomic mass is 35.5. The van der Waals surface area contributed by atoms with Crippen LogP contribution in [0.15, 0.2) is 85.3 Å². The molecular formula is C54H53Cl2FN6O9S. The van der Waals surface area contributed by atoms with Crippen LogP contribution in [0, 0.1) is 19.7 Å². The number of aromatic nitrogens is 4. The summed E-state index contributed by atoms with van der Waals surface area (Å²) >= 11 is 16.0. The fourth-order valence-electron chi connectivity index (χ4n) is 9.22. The SMILES string of the molecule is Cc1c(Cl)c2c(Cl)c(C)c1-c1c(-c3ccc(F)cc3)sc3ncnc(c13)OC(C(=O)O)Cc1cc(ccc1OCc1ccnc(-c3ccc(OC[C@H]4COC(C)(C)O4)cc3)n1)OC[C@@H](CN1CCN(C)CC1)O2. The van der Waals surface area contributed by atoms with E-state index in [4.69, 9.17) is 61.3 Å².